The van der Waals surface area contributed by atoms with Crippen LogP contribution in [0.15, 0.2) is 36.5 Å². The minimum Gasteiger partial charge on any atom is -0.468 e. The molecule has 2 aromatic rings. The van der Waals surface area contributed by atoms with Gasteiger partial charge in [0, 0.05) is 50.4 Å². The summed E-state index contributed by atoms with van der Waals surface area (Å²) < 4.78 is 24.8. The van der Waals surface area contributed by atoms with Crippen LogP contribution in [-0.2, 0) is 23.9 Å². The number of nitrogens with zero attached hydrogens (tertiary/aromatic N) is 4. The number of nitrogens with one attached hydrogen (secondary N) is 2. The molecule has 1 aromatic carbocycles. The number of piperazine rings is 1. The number of ether oxygens (including phenoxy) is 2. The van der Waals surface area contributed by atoms with Crippen LogP contribution >= 0.6 is 0 Å². The van der Waals surface area contributed by atoms with E-state index in [2.05, 4.69) is 20.4 Å². The standard InChI is InChI=1S/C26H31FN6O6/c1-17(34)29-13-20-16-33(26(37)39-20)19-4-5-21(22(27)11-19)18-3-6-23(30-12-18)31-7-9-32(10-8-31)24(35)14-28-15-25(36)38-2/h3-6,11-12,20,28H,7-10,13-16H2,1-2H3,(H,29,34)/t20-/m0/s1. The normalized spacial score (nSPS) is 17.2. The second kappa shape index (κ2) is 12.5. The molecule has 13 heteroatoms. The highest BCUT2D eigenvalue weighted by molar-refractivity contribution is 5.90. The third-order valence-electron chi connectivity index (χ3n) is 6.51. The van der Waals surface area contributed by atoms with Crippen molar-refractivity contribution in [3.8, 4) is 11.1 Å². The van der Waals surface area contributed by atoms with Gasteiger partial charge in [0.05, 0.1) is 39.0 Å². The number of amides is 3. The van der Waals surface area contributed by atoms with Crippen molar-refractivity contribution in [2.45, 2.75) is 13.0 Å². The molecule has 208 valence electrons. The number of rotatable bonds is 9. The van der Waals surface area contributed by atoms with Crippen molar-refractivity contribution in [2.24, 2.45) is 0 Å². The summed E-state index contributed by atoms with van der Waals surface area (Å²) >= 11 is 0. The fourth-order valence-electron chi connectivity index (χ4n) is 4.38. The van der Waals surface area contributed by atoms with Crippen molar-refractivity contribution in [2.75, 3.05) is 69.3 Å². The van der Waals surface area contributed by atoms with E-state index in [1.807, 2.05) is 11.0 Å². The predicted octanol–water partition coefficient (Wildman–Crippen LogP) is 0.760. The zero-order valence-corrected chi connectivity index (χ0v) is 21.8. The van der Waals surface area contributed by atoms with Crippen molar-refractivity contribution in [1.29, 1.82) is 0 Å². The minimum absolute atomic E-state index is 0.0208. The zero-order valence-electron chi connectivity index (χ0n) is 21.8. The van der Waals surface area contributed by atoms with Crippen LogP contribution in [-0.4, -0.2) is 99.3 Å². The summed E-state index contributed by atoms with van der Waals surface area (Å²) in [6, 6.07) is 8.10. The average molecular weight is 543 g/mol. The minimum atomic E-state index is -0.595. The Hall–Kier alpha value is -4.26. The first-order chi connectivity index (χ1) is 18.7. The first-order valence-corrected chi connectivity index (χ1v) is 12.5. The van der Waals surface area contributed by atoms with Gasteiger partial charge in [0.25, 0.3) is 0 Å². The van der Waals surface area contributed by atoms with Crippen molar-refractivity contribution >= 4 is 35.4 Å². The lowest BCUT2D eigenvalue weighted by Crippen LogP contribution is -2.51. The van der Waals surface area contributed by atoms with Gasteiger partial charge in [-0.15, -0.1) is 0 Å². The van der Waals surface area contributed by atoms with E-state index in [0.29, 0.717) is 43.0 Å². The van der Waals surface area contributed by atoms with Crippen LogP contribution in [0.3, 0.4) is 0 Å². The Morgan fingerprint density at radius 3 is 2.54 bits per heavy atom. The summed E-state index contributed by atoms with van der Waals surface area (Å²) in [5, 5.41) is 5.38. The number of esters is 1. The number of hydrogen-bond acceptors (Lipinski definition) is 9. The number of carbonyl (C=O) groups excluding carboxylic acids is 4. The van der Waals surface area contributed by atoms with Gasteiger partial charge < -0.3 is 24.6 Å². The summed E-state index contributed by atoms with van der Waals surface area (Å²) in [6.45, 7) is 4.03. The fourth-order valence-corrected chi connectivity index (χ4v) is 4.38. The molecule has 2 saturated heterocycles. The second-order valence-electron chi connectivity index (χ2n) is 9.17. The third kappa shape index (κ3) is 6.99. The Balaban J connectivity index is 1.32. The number of carbonyl (C=O) groups is 4. The van der Waals surface area contributed by atoms with Gasteiger partial charge in [-0.2, -0.15) is 0 Å². The van der Waals surface area contributed by atoms with Crippen molar-refractivity contribution in [1.82, 2.24) is 20.5 Å². The number of pyridine rings is 1. The number of hydrogen-bond donors (Lipinski definition) is 2. The Kier molecular flexibility index (Phi) is 8.92. The van der Waals surface area contributed by atoms with Gasteiger partial charge in [0.1, 0.15) is 17.7 Å². The second-order valence-corrected chi connectivity index (χ2v) is 9.17. The number of benzene rings is 1. The molecule has 0 saturated carbocycles. The molecule has 0 unspecified atom stereocenters. The molecule has 2 N–H and O–H groups in total. The molecule has 12 nitrogen and oxygen atoms in total. The molecule has 39 heavy (non-hydrogen) atoms. The fraction of sp³-hybridized carbons (Fsp3) is 0.423. The van der Waals surface area contributed by atoms with E-state index in [9.17, 15) is 19.2 Å². The molecule has 3 amide bonds. The van der Waals surface area contributed by atoms with E-state index in [1.165, 1.54) is 25.0 Å². The molecule has 0 bridgehead atoms. The number of halogens is 1. The third-order valence-corrected chi connectivity index (χ3v) is 6.51. The lowest BCUT2D eigenvalue weighted by atomic mass is 10.1. The van der Waals surface area contributed by atoms with Crippen LogP contribution in [0.4, 0.5) is 20.7 Å². The first kappa shape index (κ1) is 27.8. The summed E-state index contributed by atoms with van der Waals surface area (Å²) in [7, 11) is 1.29. The number of cyclic esters (lactones) is 1. The quantitative estimate of drug-likeness (QED) is 0.441. The van der Waals surface area contributed by atoms with Gasteiger partial charge in [-0.1, -0.05) is 0 Å². The van der Waals surface area contributed by atoms with E-state index >= 15 is 4.39 Å². The van der Waals surface area contributed by atoms with Crippen LogP contribution in [0.1, 0.15) is 6.92 Å². The SMILES string of the molecule is COC(=O)CNCC(=O)N1CCN(c2ccc(-c3ccc(N4C[C@H](CNC(C)=O)OC4=O)cc3F)cn2)CC1. The molecule has 2 aliphatic rings. The Labute approximate surface area is 225 Å². The van der Waals surface area contributed by atoms with Crippen LogP contribution in [0.25, 0.3) is 11.1 Å². The summed E-state index contributed by atoms with van der Waals surface area (Å²) in [6.07, 6.45) is 0.488. The molecule has 0 aliphatic carbocycles. The number of methoxy groups -OCH3 is 1. The number of anilines is 2. The molecular formula is C26H31FN6O6. The maximum atomic E-state index is 15.1. The predicted molar refractivity (Wildman–Crippen MR) is 140 cm³/mol. The van der Waals surface area contributed by atoms with E-state index in [4.69, 9.17) is 4.74 Å². The van der Waals surface area contributed by atoms with Crippen molar-refractivity contribution in [3.05, 3.63) is 42.3 Å². The van der Waals surface area contributed by atoms with Crippen molar-refractivity contribution in [3.63, 3.8) is 0 Å². The summed E-state index contributed by atoms with van der Waals surface area (Å²) in [5.41, 5.74) is 1.29. The van der Waals surface area contributed by atoms with E-state index < -0.39 is 24.0 Å². The molecule has 0 radical (unpaired) electrons. The topological polar surface area (TPSA) is 133 Å². The van der Waals surface area contributed by atoms with Crippen LogP contribution in [0.5, 0.6) is 0 Å². The monoisotopic (exact) mass is 542 g/mol. The molecular weight excluding hydrogens is 511 g/mol. The Morgan fingerprint density at radius 2 is 1.90 bits per heavy atom. The van der Waals surface area contributed by atoms with Gasteiger partial charge in [-0.05, 0) is 30.3 Å². The highest BCUT2D eigenvalue weighted by atomic mass is 19.1. The lowest BCUT2D eigenvalue weighted by molar-refractivity contribution is -0.139. The van der Waals surface area contributed by atoms with Crippen molar-refractivity contribution < 1.29 is 33.0 Å². The molecule has 2 aliphatic heterocycles. The molecule has 1 aromatic heterocycles. The van der Waals surface area contributed by atoms with Crippen LogP contribution in [0, 0.1) is 5.82 Å². The molecule has 1 atom stereocenters. The number of aromatic nitrogens is 1. The lowest BCUT2D eigenvalue weighted by Gasteiger charge is -2.35. The van der Waals surface area contributed by atoms with Gasteiger partial charge in [0.2, 0.25) is 11.8 Å². The van der Waals surface area contributed by atoms with E-state index in [0.717, 1.165) is 5.82 Å². The Morgan fingerprint density at radius 1 is 1.13 bits per heavy atom. The zero-order chi connectivity index (χ0) is 27.9. The first-order valence-electron chi connectivity index (χ1n) is 12.5. The smallest absolute Gasteiger partial charge is 0.414 e. The van der Waals surface area contributed by atoms with E-state index in [1.54, 1.807) is 29.3 Å². The van der Waals surface area contributed by atoms with Gasteiger partial charge in [-0.25, -0.2) is 14.2 Å². The summed E-state index contributed by atoms with van der Waals surface area (Å²) in [4.78, 5) is 56.4. The molecule has 0 spiro atoms. The highest BCUT2D eigenvalue weighted by Gasteiger charge is 2.32. The van der Waals surface area contributed by atoms with Crippen LogP contribution in [0.2, 0.25) is 0 Å². The molecule has 2 fully saturated rings. The summed E-state index contributed by atoms with van der Waals surface area (Å²) in [5.74, 6) is -0.530. The maximum absolute atomic E-state index is 15.1. The molecule has 3 heterocycles. The van der Waals surface area contributed by atoms with Gasteiger partial charge in [-0.3, -0.25) is 24.6 Å². The van der Waals surface area contributed by atoms with Crippen LogP contribution < -0.4 is 20.4 Å². The van der Waals surface area contributed by atoms with Gasteiger partial charge >= 0.3 is 12.1 Å². The Bertz CT molecular complexity index is 1220. The maximum Gasteiger partial charge on any atom is 0.414 e. The largest absolute Gasteiger partial charge is 0.468 e. The van der Waals surface area contributed by atoms with Gasteiger partial charge in [0.15, 0.2) is 0 Å². The van der Waals surface area contributed by atoms with E-state index in [-0.39, 0.29) is 38.0 Å². The highest BCUT2D eigenvalue weighted by Crippen LogP contribution is 2.29. The molecule has 4 rings (SSSR count). The average Bonchev–Trinajstić information content (AvgIpc) is 3.32.